The van der Waals surface area contributed by atoms with Crippen molar-refractivity contribution in [3.05, 3.63) is 54.3 Å². The lowest BCUT2D eigenvalue weighted by Gasteiger charge is -2.19. The quantitative estimate of drug-likeness (QED) is 0.798. The molecule has 126 valence electrons. The molecule has 25 heavy (non-hydrogen) atoms. The fraction of sp³-hybridized carbons (Fsp3) is 0.211. The van der Waals surface area contributed by atoms with Crippen molar-refractivity contribution in [3.63, 3.8) is 0 Å². The third-order valence-electron chi connectivity index (χ3n) is 4.54. The van der Waals surface area contributed by atoms with Gasteiger partial charge in [-0.2, -0.15) is 0 Å². The largest absolute Gasteiger partial charge is 0.362 e. The molecule has 1 atom stereocenters. The molecule has 1 aliphatic heterocycles. The highest BCUT2D eigenvalue weighted by atomic mass is 16.5. The Morgan fingerprint density at radius 1 is 1.24 bits per heavy atom. The summed E-state index contributed by atoms with van der Waals surface area (Å²) in [4.78, 5) is 26.7. The molecule has 4 rings (SSSR count). The van der Waals surface area contributed by atoms with Crippen LogP contribution in [0, 0.1) is 12.8 Å². The molecule has 0 aliphatic carbocycles. The van der Waals surface area contributed by atoms with Gasteiger partial charge in [0.15, 0.2) is 5.82 Å². The van der Waals surface area contributed by atoms with Crippen LogP contribution in [-0.4, -0.2) is 23.5 Å². The fourth-order valence-corrected chi connectivity index (χ4v) is 3.19. The summed E-state index contributed by atoms with van der Waals surface area (Å²) in [6.45, 7) is 2.16. The van der Waals surface area contributed by atoms with Crippen LogP contribution in [0.2, 0.25) is 0 Å². The third-order valence-corrected chi connectivity index (χ3v) is 4.54. The first-order valence-electron chi connectivity index (χ1n) is 8.13. The van der Waals surface area contributed by atoms with Gasteiger partial charge in [-0.15, -0.1) is 0 Å². The number of carbonyl (C=O) groups excluding carboxylic acids is 2. The Morgan fingerprint density at radius 3 is 2.84 bits per heavy atom. The van der Waals surface area contributed by atoms with E-state index in [4.69, 9.17) is 4.52 Å². The Labute approximate surface area is 144 Å². The summed E-state index contributed by atoms with van der Waals surface area (Å²) in [5.41, 5.74) is 1.60. The smallest absolute Gasteiger partial charge is 0.231 e. The molecular weight excluding hydrogens is 318 g/mol. The number of fused-ring (bicyclic) bond motifs is 1. The second-order valence-corrected chi connectivity index (χ2v) is 6.24. The first kappa shape index (κ1) is 15.4. The highest BCUT2D eigenvalue weighted by molar-refractivity contribution is 6.08. The Hall–Kier alpha value is -3.15. The van der Waals surface area contributed by atoms with Crippen LogP contribution in [0.4, 0.5) is 11.5 Å². The third kappa shape index (κ3) is 2.76. The topological polar surface area (TPSA) is 75.4 Å². The summed E-state index contributed by atoms with van der Waals surface area (Å²) < 4.78 is 4.83. The molecule has 1 aromatic heterocycles. The molecule has 3 aromatic rings. The van der Waals surface area contributed by atoms with Crippen molar-refractivity contribution < 1.29 is 14.1 Å². The van der Waals surface area contributed by atoms with Gasteiger partial charge in [0.05, 0.1) is 11.6 Å². The van der Waals surface area contributed by atoms with Crippen molar-refractivity contribution in [1.29, 1.82) is 0 Å². The standard InChI is InChI=1S/C19H17N3O3/c1-12-11-25-21-18(12)20-19(24)14-9-17(23)22(10-14)16-8-4-6-13-5-2-3-7-15(13)16/h2-8,11,14H,9-10H2,1H3,(H,20,21,24)/t14-/m0/s1. The van der Waals surface area contributed by atoms with Gasteiger partial charge in [0.2, 0.25) is 11.8 Å². The predicted molar refractivity (Wildman–Crippen MR) is 94.3 cm³/mol. The average Bonchev–Trinajstić information content (AvgIpc) is 3.20. The number of hydrogen-bond donors (Lipinski definition) is 1. The van der Waals surface area contributed by atoms with E-state index in [-0.39, 0.29) is 18.2 Å². The van der Waals surface area contributed by atoms with E-state index in [1.54, 1.807) is 11.8 Å². The summed E-state index contributed by atoms with van der Waals surface area (Å²) in [5.74, 6) is -0.273. The van der Waals surface area contributed by atoms with E-state index in [2.05, 4.69) is 10.5 Å². The maximum atomic E-state index is 12.5. The van der Waals surface area contributed by atoms with E-state index in [1.807, 2.05) is 42.5 Å². The van der Waals surface area contributed by atoms with Crippen LogP contribution in [-0.2, 0) is 9.59 Å². The van der Waals surface area contributed by atoms with Gasteiger partial charge in [-0.25, -0.2) is 0 Å². The highest BCUT2D eigenvalue weighted by Crippen LogP contribution is 2.32. The number of anilines is 2. The lowest BCUT2D eigenvalue weighted by molar-refractivity contribution is -0.122. The van der Waals surface area contributed by atoms with E-state index in [1.165, 1.54) is 6.26 Å². The second kappa shape index (κ2) is 6.05. The number of nitrogens with zero attached hydrogens (tertiary/aromatic N) is 2. The molecule has 0 spiro atoms. The van der Waals surface area contributed by atoms with Gasteiger partial charge in [-0.1, -0.05) is 41.6 Å². The van der Waals surface area contributed by atoms with Crippen LogP contribution in [0.1, 0.15) is 12.0 Å². The Balaban J connectivity index is 1.58. The Bertz CT molecular complexity index is 958. The molecule has 0 unspecified atom stereocenters. The first-order valence-corrected chi connectivity index (χ1v) is 8.13. The van der Waals surface area contributed by atoms with Crippen molar-refractivity contribution in [1.82, 2.24) is 5.16 Å². The minimum atomic E-state index is -0.414. The van der Waals surface area contributed by atoms with Crippen molar-refractivity contribution in [2.75, 3.05) is 16.8 Å². The molecule has 2 amide bonds. The fourth-order valence-electron chi connectivity index (χ4n) is 3.19. The molecular formula is C19H17N3O3. The van der Waals surface area contributed by atoms with Crippen LogP contribution in [0.5, 0.6) is 0 Å². The molecule has 1 saturated heterocycles. The Kier molecular flexibility index (Phi) is 3.72. The van der Waals surface area contributed by atoms with Gasteiger partial charge < -0.3 is 14.7 Å². The average molecular weight is 335 g/mol. The summed E-state index contributed by atoms with van der Waals surface area (Å²) in [6.07, 6.45) is 1.66. The lowest BCUT2D eigenvalue weighted by Crippen LogP contribution is -2.28. The summed E-state index contributed by atoms with van der Waals surface area (Å²) in [7, 11) is 0. The van der Waals surface area contributed by atoms with Gasteiger partial charge in [-0.05, 0) is 18.4 Å². The number of nitrogens with one attached hydrogen (secondary N) is 1. The SMILES string of the molecule is Cc1conc1NC(=O)[C@H]1CC(=O)N(c2cccc3ccccc23)C1. The molecule has 0 bridgehead atoms. The number of aryl methyl sites for hydroxylation is 1. The molecule has 6 heteroatoms. The number of hydrogen-bond acceptors (Lipinski definition) is 4. The van der Waals surface area contributed by atoms with Crippen LogP contribution < -0.4 is 10.2 Å². The minimum absolute atomic E-state index is 0.0478. The van der Waals surface area contributed by atoms with Crippen molar-refractivity contribution in [2.24, 2.45) is 5.92 Å². The second-order valence-electron chi connectivity index (χ2n) is 6.24. The monoisotopic (exact) mass is 335 g/mol. The maximum absolute atomic E-state index is 12.5. The van der Waals surface area contributed by atoms with Crippen molar-refractivity contribution in [3.8, 4) is 0 Å². The van der Waals surface area contributed by atoms with E-state index in [0.717, 1.165) is 22.0 Å². The van der Waals surface area contributed by atoms with Crippen LogP contribution in [0.3, 0.4) is 0 Å². The zero-order chi connectivity index (χ0) is 17.4. The molecule has 0 radical (unpaired) electrons. The van der Waals surface area contributed by atoms with Crippen LogP contribution in [0.25, 0.3) is 10.8 Å². The number of amides is 2. The van der Waals surface area contributed by atoms with E-state index >= 15 is 0 Å². The van der Waals surface area contributed by atoms with Gasteiger partial charge in [0.25, 0.3) is 0 Å². The molecule has 2 aromatic carbocycles. The molecule has 1 N–H and O–H groups in total. The normalized spacial score (nSPS) is 17.2. The first-order chi connectivity index (χ1) is 12.1. The zero-order valence-corrected chi connectivity index (χ0v) is 13.7. The number of aromatic nitrogens is 1. The number of rotatable bonds is 3. The van der Waals surface area contributed by atoms with E-state index in [0.29, 0.717) is 12.4 Å². The van der Waals surface area contributed by atoms with E-state index < -0.39 is 5.92 Å². The van der Waals surface area contributed by atoms with Crippen LogP contribution >= 0.6 is 0 Å². The van der Waals surface area contributed by atoms with E-state index in [9.17, 15) is 9.59 Å². The number of carbonyl (C=O) groups is 2. The highest BCUT2D eigenvalue weighted by Gasteiger charge is 2.36. The zero-order valence-electron chi connectivity index (χ0n) is 13.7. The predicted octanol–water partition coefficient (Wildman–Crippen LogP) is 3.13. The summed E-state index contributed by atoms with van der Waals surface area (Å²) in [6, 6.07) is 13.8. The van der Waals surface area contributed by atoms with Crippen LogP contribution in [0.15, 0.2) is 53.3 Å². The Morgan fingerprint density at radius 2 is 2.04 bits per heavy atom. The molecule has 1 fully saturated rings. The molecule has 0 saturated carbocycles. The van der Waals surface area contributed by atoms with Gasteiger partial charge >= 0.3 is 0 Å². The van der Waals surface area contributed by atoms with Gasteiger partial charge in [0, 0.05) is 23.9 Å². The summed E-state index contributed by atoms with van der Waals surface area (Å²) >= 11 is 0. The lowest BCUT2D eigenvalue weighted by atomic mass is 10.1. The van der Waals surface area contributed by atoms with Gasteiger partial charge in [-0.3, -0.25) is 9.59 Å². The van der Waals surface area contributed by atoms with Crippen molar-refractivity contribution >= 4 is 34.1 Å². The molecule has 6 nitrogen and oxygen atoms in total. The molecule has 1 aliphatic rings. The van der Waals surface area contributed by atoms with Gasteiger partial charge in [0.1, 0.15) is 6.26 Å². The number of benzene rings is 2. The van der Waals surface area contributed by atoms with Crippen molar-refractivity contribution in [2.45, 2.75) is 13.3 Å². The minimum Gasteiger partial charge on any atom is -0.362 e. The molecule has 2 heterocycles. The maximum Gasteiger partial charge on any atom is 0.231 e. The summed E-state index contributed by atoms with van der Waals surface area (Å²) in [5, 5.41) is 8.57.